The highest BCUT2D eigenvalue weighted by Gasteiger charge is 2.56. The van der Waals surface area contributed by atoms with Gasteiger partial charge in [-0.3, -0.25) is 14.4 Å². The maximum atomic E-state index is 13.7. The molecule has 32 heavy (non-hydrogen) atoms. The highest BCUT2D eigenvalue weighted by Crippen LogP contribution is 2.52. The van der Waals surface area contributed by atoms with E-state index in [0.29, 0.717) is 16.7 Å². The highest BCUT2D eigenvalue weighted by molar-refractivity contribution is 5.93. The number of aliphatic hydroxyl groups is 3. The number of hydrogen-bond donors (Lipinski definition) is 3. The van der Waals surface area contributed by atoms with Gasteiger partial charge in [0.15, 0.2) is 5.78 Å². The number of Topliss-reactive ketones (excluding diaryl/α,β-unsaturated/α-hetero) is 1. The molecule has 0 amide bonds. The van der Waals surface area contributed by atoms with E-state index in [1.54, 1.807) is 19.9 Å². The molecule has 0 heterocycles. The maximum Gasteiger partial charge on any atom is 0.303 e. The van der Waals surface area contributed by atoms with Crippen LogP contribution in [0.2, 0.25) is 0 Å². The summed E-state index contributed by atoms with van der Waals surface area (Å²) in [4.78, 5) is 37.4. The van der Waals surface area contributed by atoms with Crippen molar-refractivity contribution in [1.29, 1.82) is 0 Å². The minimum Gasteiger partial charge on any atom is -0.461 e. The topological polar surface area (TPSA) is 130 Å². The number of rotatable bonds is 2. The summed E-state index contributed by atoms with van der Waals surface area (Å²) in [5.41, 5.74) is -0.714. The second-order valence-corrected chi connectivity index (χ2v) is 10.2. The van der Waals surface area contributed by atoms with Crippen molar-refractivity contribution in [2.24, 2.45) is 16.7 Å². The van der Waals surface area contributed by atoms with Crippen LogP contribution in [0.25, 0.3) is 0 Å². The van der Waals surface area contributed by atoms with E-state index in [4.69, 9.17) is 9.47 Å². The van der Waals surface area contributed by atoms with Gasteiger partial charge in [-0.05, 0) is 54.9 Å². The number of ether oxygens (including phenoxy) is 2. The molecule has 178 valence electrons. The zero-order chi connectivity index (χ0) is 24.2. The molecule has 8 heteroatoms. The zero-order valence-corrected chi connectivity index (χ0v) is 19.5. The molecule has 0 aromatic heterocycles. The summed E-state index contributed by atoms with van der Waals surface area (Å²) in [6.07, 6.45) is -3.21. The first-order valence-electron chi connectivity index (χ1n) is 11.0. The minimum atomic E-state index is -1.54. The van der Waals surface area contributed by atoms with Crippen molar-refractivity contribution in [3.8, 4) is 0 Å². The number of aliphatic hydroxyl groups excluding tert-OH is 3. The van der Waals surface area contributed by atoms with E-state index >= 15 is 0 Å². The van der Waals surface area contributed by atoms with E-state index in [1.165, 1.54) is 13.8 Å². The minimum absolute atomic E-state index is 0.0120. The zero-order valence-electron chi connectivity index (χ0n) is 19.5. The molecule has 8 nitrogen and oxygen atoms in total. The Morgan fingerprint density at radius 1 is 1.00 bits per heavy atom. The van der Waals surface area contributed by atoms with E-state index < -0.39 is 65.0 Å². The molecular formula is C24H34O8. The predicted octanol–water partition coefficient (Wildman–Crippen LogP) is 1.60. The van der Waals surface area contributed by atoms with Crippen LogP contribution in [0.4, 0.5) is 0 Å². The number of carbonyl (C=O) groups excluding carboxylic acids is 3. The van der Waals surface area contributed by atoms with Crippen molar-refractivity contribution in [2.75, 3.05) is 0 Å². The van der Waals surface area contributed by atoms with Crippen LogP contribution in [0, 0.1) is 16.7 Å². The molecule has 4 bridgehead atoms. The fourth-order valence-electron chi connectivity index (χ4n) is 5.85. The van der Waals surface area contributed by atoms with Crippen LogP contribution < -0.4 is 0 Å². The third-order valence-electron chi connectivity index (χ3n) is 7.64. The average molecular weight is 451 g/mol. The van der Waals surface area contributed by atoms with Crippen LogP contribution in [-0.4, -0.2) is 63.6 Å². The van der Waals surface area contributed by atoms with Crippen LogP contribution in [-0.2, 0) is 23.9 Å². The third kappa shape index (κ3) is 4.04. The van der Waals surface area contributed by atoms with Gasteiger partial charge < -0.3 is 24.8 Å². The van der Waals surface area contributed by atoms with Gasteiger partial charge in [-0.15, -0.1) is 0 Å². The SMILES string of the molecule is CC(=O)O[C@H]1/C=C2/C[C@](C)(C(=O)[C@H](O)C3=C(C)[C@H](O)C[C@@H]1C3(C)C)[C@@H](OC(C)=O)C[C@@H]2O. The van der Waals surface area contributed by atoms with Gasteiger partial charge in [0, 0.05) is 26.2 Å². The number of esters is 2. The molecule has 7 atom stereocenters. The van der Waals surface area contributed by atoms with Gasteiger partial charge in [0.05, 0.1) is 17.6 Å². The highest BCUT2D eigenvalue weighted by atomic mass is 16.5. The first-order chi connectivity index (χ1) is 14.7. The second-order valence-electron chi connectivity index (χ2n) is 10.2. The van der Waals surface area contributed by atoms with Gasteiger partial charge in [0.25, 0.3) is 0 Å². The quantitative estimate of drug-likeness (QED) is 0.427. The van der Waals surface area contributed by atoms with Gasteiger partial charge in [0.1, 0.15) is 18.3 Å². The number of carbonyl (C=O) groups is 3. The smallest absolute Gasteiger partial charge is 0.303 e. The van der Waals surface area contributed by atoms with E-state index in [9.17, 15) is 29.7 Å². The third-order valence-corrected chi connectivity index (χ3v) is 7.64. The monoisotopic (exact) mass is 450 g/mol. The Morgan fingerprint density at radius 2 is 1.59 bits per heavy atom. The molecule has 0 aliphatic heterocycles. The second kappa shape index (κ2) is 8.39. The summed E-state index contributed by atoms with van der Waals surface area (Å²) in [5, 5.41) is 32.9. The van der Waals surface area contributed by atoms with Gasteiger partial charge in [-0.1, -0.05) is 13.8 Å². The molecule has 0 radical (unpaired) electrons. The van der Waals surface area contributed by atoms with Crippen LogP contribution in [0.3, 0.4) is 0 Å². The maximum absolute atomic E-state index is 13.7. The van der Waals surface area contributed by atoms with Crippen molar-refractivity contribution in [3.63, 3.8) is 0 Å². The molecule has 0 aromatic carbocycles. The molecule has 0 unspecified atom stereocenters. The van der Waals surface area contributed by atoms with Crippen LogP contribution in [0.15, 0.2) is 22.8 Å². The Labute approximate surface area is 188 Å². The van der Waals surface area contributed by atoms with Gasteiger partial charge in [-0.25, -0.2) is 0 Å². The Morgan fingerprint density at radius 3 is 2.16 bits per heavy atom. The molecule has 0 saturated heterocycles. The summed E-state index contributed by atoms with van der Waals surface area (Å²) in [6.45, 7) is 9.55. The molecule has 3 aliphatic carbocycles. The summed E-state index contributed by atoms with van der Waals surface area (Å²) >= 11 is 0. The molecule has 1 fully saturated rings. The lowest BCUT2D eigenvalue weighted by Gasteiger charge is -2.50. The van der Waals surface area contributed by atoms with Gasteiger partial charge in [0.2, 0.25) is 0 Å². The van der Waals surface area contributed by atoms with Gasteiger partial charge in [-0.2, -0.15) is 0 Å². The Balaban J connectivity index is 2.27. The predicted molar refractivity (Wildman–Crippen MR) is 114 cm³/mol. The standard InChI is InChI=1S/C24H34O8/c1-11-16(27)8-15-18(31-12(2)25)7-14-10-24(6,19(9-17(14)28)32-13(3)26)22(30)21(29)20(11)23(15,4)5/h7,15-19,21,27-29H,8-10H2,1-6H3/b14-7-/t15-,16+,17-,18-,19-,21+,24-/m0/s1. The Kier molecular flexibility index (Phi) is 6.45. The summed E-state index contributed by atoms with van der Waals surface area (Å²) in [5.74, 6) is -2.05. The number of hydrogen-bond acceptors (Lipinski definition) is 8. The number of ketones is 1. The Bertz CT molecular complexity index is 884. The normalized spacial score (nSPS) is 40.8. The first kappa shape index (κ1) is 24.6. The lowest BCUT2D eigenvalue weighted by atomic mass is 9.57. The van der Waals surface area contributed by atoms with Crippen LogP contribution >= 0.6 is 0 Å². The molecule has 3 rings (SSSR count). The molecule has 0 aromatic rings. The molecular weight excluding hydrogens is 416 g/mol. The fourth-order valence-corrected chi connectivity index (χ4v) is 5.85. The summed E-state index contributed by atoms with van der Waals surface area (Å²) in [6, 6.07) is 0. The Hall–Kier alpha value is -2.03. The lowest BCUT2D eigenvalue weighted by molar-refractivity contribution is -0.166. The van der Waals surface area contributed by atoms with Crippen molar-refractivity contribution >= 4 is 17.7 Å². The molecule has 1 saturated carbocycles. The largest absolute Gasteiger partial charge is 0.461 e. The van der Waals surface area contributed by atoms with Crippen LogP contribution in [0.5, 0.6) is 0 Å². The summed E-state index contributed by atoms with van der Waals surface area (Å²) in [7, 11) is 0. The summed E-state index contributed by atoms with van der Waals surface area (Å²) < 4.78 is 11.1. The van der Waals surface area contributed by atoms with Gasteiger partial charge >= 0.3 is 11.9 Å². The van der Waals surface area contributed by atoms with E-state index in [-0.39, 0.29) is 19.3 Å². The first-order valence-corrected chi connectivity index (χ1v) is 11.0. The fraction of sp³-hybridized carbons (Fsp3) is 0.708. The lowest BCUT2D eigenvalue weighted by Crippen LogP contribution is -2.56. The van der Waals surface area contributed by atoms with Crippen molar-refractivity contribution in [1.82, 2.24) is 0 Å². The van der Waals surface area contributed by atoms with E-state index in [2.05, 4.69) is 0 Å². The van der Waals surface area contributed by atoms with Crippen molar-refractivity contribution in [2.45, 2.75) is 91.3 Å². The molecule has 3 aliphatic rings. The van der Waals surface area contributed by atoms with E-state index in [0.717, 1.165) is 0 Å². The van der Waals surface area contributed by atoms with Crippen LogP contribution in [0.1, 0.15) is 60.8 Å². The average Bonchev–Trinajstić information content (AvgIpc) is 2.65. The molecule has 0 spiro atoms. The molecule has 3 N–H and O–H groups in total. The van der Waals surface area contributed by atoms with E-state index in [1.807, 2.05) is 13.8 Å². The van der Waals surface area contributed by atoms with Crippen molar-refractivity contribution in [3.05, 3.63) is 22.8 Å². The number of fused-ring (bicyclic) bond motifs is 4. The van der Waals surface area contributed by atoms with Crippen molar-refractivity contribution < 1.29 is 39.2 Å².